The predicted molar refractivity (Wildman–Crippen MR) is 105 cm³/mol. The Bertz CT molecular complexity index is 1130. The summed E-state index contributed by atoms with van der Waals surface area (Å²) in [5, 5.41) is 9.25. The highest BCUT2D eigenvalue weighted by Gasteiger charge is 2.24. The number of aromatic nitrogens is 3. The monoisotopic (exact) mass is 376 g/mol. The minimum absolute atomic E-state index is 0.0211. The van der Waals surface area contributed by atoms with Crippen molar-refractivity contribution in [3.05, 3.63) is 58.6 Å². The van der Waals surface area contributed by atoms with Gasteiger partial charge in [0.15, 0.2) is 0 Å². The lowest BCUT2D eigenvalue weighted by atomic mass is 10.2. The molecule has 1 saturated heterocycles. The van der Waals surface area contributed by atoms with Crippen LogP contribution in [-0.2, 0) is 18.4 Å². The van der Waals surface area contributed by atoms with Gasteiger partial charge in [0.2, 0.25) is 5.91 Å². The SMILES string of the molecule is Cn1c(=O)n(CC(=O)N2CCN(c3ncccc3C#N)CC2)c2ccccc21. The average Bonchev–Trinajstić information content (AvgIpc) is 2.99. The third-order valence-corrected chi connectivity index (χ3v) is 5.18. The molecule has 0 spiro atoms. The molecule has 0 saturated carbocycles. The second kappa shape index (κ2) is 7.19. The van der Waals surface area contributed by atoms with Crippen LogP contribution < -0.4 is 10.6 Å². The third kappa shape index (κ3) is 3.01. The summed E-state index contributed by atoms with van der Waals surface area (Å²) in [4.78, 5) is 33.4. The molecule has 0 radical (unpaired) electrons. The largest absolute Gasteiger partial charge is 0.352 e. The number of carbonyl (C=O) groups excluding carboxylic acids is 1. The van der Waals surface area contributed by atoms with Gasteiger partial charge in [0.05, 0.1) is 16.6 Å². The first-order valence-electron chi connectivity index (χ1n) is 9.12. The Kier molecular flexibility index (Phi) is 4.57. The second-order valence-electron chi connectivity index (χ2n) is 6.77. The molecule has 28 heavy (non-hydrogen) atoms. The van der Waals surface area contributed by atoms with Crippen LogP contribution in [0.2, 0.25) is 0 Å². The number of hydrogen-bond acceptors (Lipinski definition) is 5. The summed E-state index contributed by atoms with van der Waals surface area (Å²) < 4.78 is 3.08. The standard InChI is InChI=1S/C20H20N6O2/c1-23-16-6-2-3-7-17(16)26(20(23)28)14-18(27)24-9-11-25(12-10-24)19-15(13-21)5-4-8-22-19/h2-8H,9-12,14H2,1H3. The summed E-state index contributed by atoms with van der Waals surface area (Å²) in [6.07, 6.45) is 1.67. The molecule has 142 valence electrons. The topological polar surface area (TPSA) is 87.2 Å². The Morgan fingerprint density at radius 1 is 1.11 bits per heavy atom. The molecule has 1 fully saturated rings. The summed E-state index contributed by atoms with van der Waals surface area (Å²) >= 11 is 0. The molecule has 0 aliphatic carbocycles. The quantitative estimate of drug-likeness (QED) is 0.679. The van der Waals surface area contributed by atoms with Crippen LogP contribution in [0.4, 0.5) is 5.82 Å². The Morgan fingerprint density at radius 2 is 1.82 bits per heavy atom. The number of benzene rings is 1. The molecule has 0 atom stereocenters. The lowest BCUT2D eigenvalue weighted by molar-refractivity contribution is -0.132. The minimum Gasteiger partial charge on any atom is -0.352 e. The number of fused-ring (bicyclic) bond motifs is 1. The van der Waals surface area contributed by atoms with Gasteiger partial charge in [0, 0.05) is 39.4 Å². The van der Waals surface area contributed by atoms with Crippen LogP contribution in [0, 0.1) is 11.3 Å². The Morgan fingerprint density at radius 3 is 2.54 bits per heavy atom. The highest BCUT2D eigenvalue weighted by atomic mass is 16.2. The molecule has 1 aromatic carbocycles. The molecule has 1 aliphatic rings. The molecule has 8 heteroatoms. The molecule has 2 aromatic heterocycles. The summed E-state index contributed by atoms with van der Waals surface area (Å²) in [7, 11) is 1.71. The van der Waals surface area contributed by atoms with Crippen molar-refractivity contribution in [1.29, 1.82) is 5.26 Å². The van der Waals surface area contributed by atoms with Crippen molar-refractivity contribution in [2.75, 3.05) is 31.1 Å². The van der Waals surface area contributed by atoms with Gasteiger partial charge < -0.3 is 9.80 Å². The van der Waals surface area contributed by atoms with E-state index in [1.165, 1.54) is 4.57 Å². The van der Waals surface area contributed by atoms with E-state index in [4.69, 9.17) is 0 Å². The molecule has 3 aromatic rings. The number of nitriles is 1. The number of pyridine rings is 1. The van der Waals surface area contributed by atoms with E-state index in [0.717, 1.165) is 11.0 Å². The average molecular weight is 376 g/mol. The fourth-order valence-corrected chi connectivity index (χ4v) is 3.66. The highest BCUT2D eigenvalue weighted by molar-refractivity contribution is 5.81. The van der Waals surface area contributed by atoms with Gasteiger partial charge in [-0.2, -0.15) is 5.26 Å². The van der Waals surface area contributed by atoms with Crippen molar-refractivity contribution in [2.45, 2.75) is 6.54 Å². The molecule has 0 N–H and O–H groups in total. The molecule has 4 rings (SSSR count). The van der Waals surface area contributed by atoms with Crippen molar-refractivity contribution in [2.24, 2.45) is 7.05 Å². The van der Waals surface area contributed by atoms with E-state index >= 15 is 0 Å². The van der Waals surface area contributed by atoms with E-state index in [1.807, 2.05) is 29.2 Å². The molecule has 1 aliphatic heterocycles. The second-order valence-corrected chi connectivity index (χ2v) is 6.77. The maximum absolute atomic E-state index is 12.8. The van der Waals surface area contributed by atoms with Crippen LogP contribution in [-0.4, -0.2) is 51.1 Å². The molecular formula is C20H20N6O2. The highest BCUT2D eigenvalue weighted by Crippen LogP contribution is 2.18. The van der Waals surface area contributed by atoms with E-state index in [-0.39, 0.29) is 18.1 Å². The van der Waals surface area contributed by atoms with Crippen LogP contribution in [0.1, 0.15) is 5.56 Å². The number of anilines is 1. The fraction of sp³-hybridized carbons (Fsp3) is 0.300. The summed E-state index contributed by atoms with van der Waals surface area (Å²) in [6.45, 7) is 2.27. The fourth-order valence-electron chi connectivity index (χ4n) is 3.66. The number of aryl methyl sites for hydroxylation is 1. The Hall–Kier alpha value is -3.60. The van der Waals surface area contributed by atoms with Crippen LogP contribution in [0.15, 0.2) is 47.4 Å². The first-order chi connectivity index (χ1) is 13.6. The van der Waals surface area contributed by atoms with Crippen molar-refractivity contribution >= 4 is 22.8 Å². The van der Waals surface area contributed by atoms with Crippen molar-refractivity contribution in [3.8, 4) is 6.07 Å². The van der Waals surface area contributed by atoms with Gasteiger partial charge in [-0.3, -0.25) is 13.9 Å². The number of rotatable bonds is 3. The van der Waals surface area contributed by atoms with Gasteiger partial charge in [0.25, 0.3) is 0 Å². The maximum Gasteiger partial charge on any atom is 0.329 e. The minimum atomic E-state index is -0.194. The molecule has 0 unspecified atom stereocenters. The van der Waals surface area contributed by atoms with E-state index in [2.05, 4.69) is 11.1 Å². The van der Waals surface area contributed by atoms with Crippen LogP contribution in [0.25, 0.3) is 11.0 Å². The first-order valence-corrected chi connectivity index (χ1v) is 9.12. The van der Waals surface area contributed by atoms with Crippen molar-refractivity contribution < 1.29 is 4.79 Å². The van der Waals surface area contributed by atoms with Gasteiger partial charge in [-0.15, -0.1) is 0 Å². The van der Waals surface area contributed by atoms with E-state index in [1.54, 1.807) is 34.8 Å². The number of nitrogens with zero attached hydrogens (tertiary/aromatic N) is 6. The molecule has 8 nitrogen and oxygen atoms in total. The van der Waals surface area contributed by atoms with E-state index in [9.17, 15) is 14.9 Å². The number of para-hydroxylation sites is 2. The summed E-state index contributed by atoms with van der Waals surface area (Å²) in [5.74, 6) is 0.571. The lowest BCUT2D eigenvalue weighted by Crippen LogP contribution is -2.50. The molecule has 0 bridgehead atoms. The number of hydrogen-bond donors (Lipinski definition) is 0. The van der Waals surface area contributed by atoms with Crippen LogP contribution >= 0.6 is 0 Å². The first kappa shape index (κ1) is 17.8. The number of piperazine rings is 1. The molecule has 1 amide bonds. The molecule has 3 heterocycles. The van der Waals surface area contributed by atoms with Gasteiger partial charge in [-0.05, 0) is 24.3 Å². The lowest BCUT2D eigenvalue weighted by Gasteiger charge is -2.35. The van der Waals surface area contributed by atoms with Gasteiger partial charge in [0.1, 0.15) is 18.4 Å². The maximum atomic E-state index is 12.8. The van der Waals surface area contributed by atoms with Crippen molar-refractivity contribution in [1.82, 2.24) is 19.0 Å². The normalized spacial score (nSPS) is 14.3. The smallest absolute Gasteiger partial charge is 0.329 e. The number of imidazole rings is 1. The number of carbonyl (C=O) groups is 1. The van der Waals surface area contributed by atoms with E-state index < -0.39 is 0 Å². The van der Waals surface area contributed by atoms with Crippen LogP contribution in [0.3, 0.4) is 0 Å². The summed E-state index contributed by atoms with van der Waals surface area (Å²) in [6, 6.07) is 13.1. The zero-order valence-corrected chi connectivity index (χ0v) is 15.6. The zero-order chi connectivity index (χ0) is 19.7. The number of amides is 1. The van der Waals surface area contributed by atoms with Gasteiger partial charge in [-0.1, -0.05) is 12.1 Å². The Labute approximate surface area is 161 Å². The predicted octanol–water partition coefficient (Wildman–Crippen LogP) is 0.955. The zero-order valence-electron chi connectivity index (χ0n) is 15.6. The van der Waals surface area contributed by atoms with Crippen molar-refractivity contribution in [3.63, 3.8) is 0 Å². The van der Waals surface area contributed by atoms with Gasteiger partial charge >= 0.3 is 5.69 Å². The van der Waals surface area contributed by atoms with Gasteiger partial charge in [-0.25, -0.2) is 9.78 Å². The Balaban J connectivity index is 1.48. The summed E-state index contributed by atoms with van der Waals surface area (Å²) in [5.41, 5.74) is 1.91. The van der Waals surface area contributed by atoms with E-state index in [0.29, 0.717) is 37.6 Å². The van der Waals surface area contributed by atoms with Crippen LogP contribution in [0.5, 0.6) is 0 Å². The third-order valence-electron chi connectivity index (χ3n) is 5.18. The molecular weight excluding hydrogens is 356 g/mol.